The third kappa shape index (κ3) is 6.02. The Morgan fingerprint density at radius 3 is 1.86 bits per heavy atom. The molecule has 0 bridgehead atoms. The number of halogens is 9. The molecule has 1 N–H and O–H groups in total. The normalized spacial score (nSPS) is 20.7. The second kappa shape index (κ2) is 8.63. The third-order valence-corrected chi connectivity index (χ3v) is 5.76. The molecule has 3 rings (SSSR count). The third-order valence-electron chi connectivity index (χ3n) is 5.76. The van der Waals surface area contributed by atoms with Gasteiger partial charge in [0.15, 0.2) is 0 Å². The van der Waals surface area contributed by atoms with E-state index in [0.29, 0.717) is 12.1 Å². The lowest BCUT2D eigenvalue weighted by atomic mass is 9.77. The zero-order chi connectivity index (χ0) is 26.4. The number of amides is 2. The summed E-state index contributed by atoms with van der Waals surface area (Å²) in [5.74, 6) is 0. The number of hydrogen-bond acceptors (Lipinski definition) is 1. The molecule has 0 radical (unpaired) electrons. The summed E-state index contributed by atoms with van der Waals surface area (Å²) in [4.78, 5) is 14.0. The van der Waals surface area contributed by atoms with Crippen LogP contribution in [0.2, 0.25) is 0 Å². The zero-order valence-corrected chi connectivity index (χ0v) is 18.5. The molecule has 1 heterocycles. The number of benzene rings is 2. The first kappa shape index (κ1) is 26.7. The SMILES string of the molecule is CC1(C)CN(C(=O)Nc2cc(C(F)(F)F)cc(C(F)(F)F)c2)[C@](CC(F)(F)F)(c2ccccc2)C1. The van der Waals surface area contributed by atoms with Gasteiger partial charge in [0.25, 0.3) is 0 Å². The van der Waals surface area contributed by atoms with Gasteiger partial charge >= 0.3 is 24.6 Å². The van der Waals surface area contributed by atoms with Gasteiger partial charge in [0, 0.05) is 12.2 Å². The Kier molecular flexibility index (Phi) is 6.58. The lowest BCUT2D eigenvalue weighted by Crippen LogP contribution is -2.49. The van der Waals surface area contributed by atoms with Gasteiger partial charge in [-0.25, -0.2) is 4.79 Å². The van der Waals surface area contributed by atoms with E-state index in [4.69, 9.17) is 0 Å². The summed E-state index contributed by atoms with van der Waals surface area (Å²) in [6, 6.07) is 6.61. The maximum absolute atomic E-state index is 13.7. The van der Waals surface area contributed by atoms with Crippen LogP contribution in [-0.4, -0.2) is 23.7 Å². The van der Waals surface area contributed by atoms with Crippen molar-refractivity contribution in [2.45, 2.75) is 50.8 Å². The van der Waals surface area contributed by atoms with Crippen LogP contribution < -0.4 is 5.32 Å². The number of nitrogens with one attached hydrogen (secondary N) is 1. The lowest BCUT2D eigenvalue weighted by Gasteiger charge is -2.39. The Bertz CT molecular complexity index is 1040. The number of rotatable bonds is 3. The fourth-order valence-electron chi connectivity index (χ4n) is 4.60. The highest BCUT2D eigenvalue weighted by atomic mass is 19.4. The summed E-state index contributed by atoms with van der Waals surface area (Å²) in [5.41, 5.74) is -6.75. The highest BCUT2D eigenvalue weighted by molar-refractivity contribution is 5.90. The number of alkyl halides is 9. The van der Waals surface area contributed by atoms with Gasteiger partial charge in [-0.1, -0.05) is 44.2 Å². The molecule has 0 aliphatic carbocycles. The molecule has 0 aromatic heterocycles. The van der Waals surface area contributed by atoms with Crippen molar-refractivity contribution in [1.29, 1.82) is 0 Å². The van der Waals surface area contributed by atoms with Crippen molar-refractivity contribution < 1.29 is 44.3 Å². The van der Waals surface area contributed by atoms with Gasteiger partial charge in [0.2, 0.25) is 0 Å². The molecule has 2 aromatic rings. The second-order valence-electron chi connectivity index (χ2n) is 9.34. The summed E-state index contributed by atoms with van der Waals surface area (Å²) in [6.45, 7) is 3.04. The van der Waals surface area contributed by atoms with E-state index in [1.165, 1.54) is 24.3 Å². The molecule has 35 heavy (non-hydrogen) atoms. The molecule has 192 valence electrons. The van der Waals surface area contributed by atoms with Crippen LogP contribution in [0.25, 0.3) is 0 Å². The van der Waals surface area contributed by atoms with E-state index in [1.54, 1.807) is 19.9 Å². The lowest BCUT2D eigenvalue weighted by molar-refractivity contribution is -0.158. The van der Waals surface area contributed by atoms with Gasteiger partial charge in [0.1, 0.15) is 0 Å². The number of carbonyl (C=O) groups is 1. The van der Waals surface area contributed by atoms with Crippen molar-refractivity contribution in [2.75, 3.05) is 11.9 Å². The molecule has 1 atom stereocenters. The fourth-order valence-corrected chi connectivity index (χ4v) is 4.60. The van der Waals surface area contributed by atoms with Crippen molar-refractivity contribution >= 4 is 11.7 Å². The number of hydrogen-bond donors (Lipinski definition) is 1. The Morgan fingerprint density at radius 1 is 0.886 bits per heavy atom. The van der Waals surface area contributed by atoms with Crippen LogP contribution in [0.3, 0.4) is 0 Å². The van der Waals surface area contributed by atoms with Crippen LogP contribution in [0.1, 0.15) is 43.4 Å². The second-order valence-corrected chi connectivity index (χ2v) is 9.34. The van der Waals surface area contributed by atoms with Gasteiger partial charge in [-0.15, -0.1) is 0 Å². The van der Waals surface area contributed by atoms with Crippen molar-refractivity contribution in [2.24, 2.45) is 5.41 Å². The van der Waals surface area contributed by atoms with Gasteiger partial charge in [0.05, 0.1) is 23.1 Å². The average molecular weight is 512 g/mol. The standard InChI is InChI=1S/C23H21F9N2O/c1-19(2)11-20(12-21(24,25)26,14-6-4-3-5-7-14)34(13-19)18(35)33-17-9-15(22(27,28)29)8-16(10-17)23(30,31)32/h3-10H,11-13H2,1-2H3,(H,33,35)/t20-/m1/s1. The number of urea groups is 1. The summed E-state index contributed by atoms with van der Waals surface area (Å²) < 4.78 is 120. The Balaban J connectivity index is 2.08. The van der Waals surface area contributed by atoms with E-state index >= 15 is 0 Å². The van der Waals surface area contributed by atoms with Crippen LogP contribution in [0.4, 0.5) is 50.0 Å². The fraction of sp³-hybridized carbons (Fsp3) is 0.435. The van der Waals surface area contributed by atoms with Crippen molar-refractivity contribution in [3.8, 4) is 0 Å². The Morgan fingerprint density at radius 2 is 1.40 bits per heavy atom. The highest BCUT2D eigenvalue weighted by Gasteiger charge is 2.56. The first-order valence-electron chi connectivity index (χ1n) is 10.3. The van der Waals surface area contributed by atoms with Crippen LogP contribution in [0, 0.1) is 5.41 Å². The molecule has 1 saturated heterocycles. The largest absolute Gasteiger partial charge is 0.416 e. The highest BCUT2D eigenvalue weighted by Crippen LogP contribution is 2.52. The molecule has 3 nitrogen and oxygen atoms in total. The van der Waals surface area contributed by atoms with Crippen molar-refractivity contribution in [3.63, 3.8) is 0 Å². The quantitative estimate of drug-likeness (QED) is 0.418. The predicted octanol–water partition coefficient (Wildman–Crippen LogP) is 7.84. The van der Waals surface area contributed by atoms with E-state index < -0.39 is 58.7 Å². The van der Waals surface area contributed by atoms with Crippen LogP contribution in [0.5, 0.6) is 0 Å². The number of likely N-dealkylation sites (tertiary alicyclic amines) is 1. The summed E-state index contributed by atoms with van der Waals surface area (Å²) in [6.07, 6.45) is -16.6. The molecule has 2 amide bonds. The molecule has 1 fully saturated rings. The first-order chi connectivity index (χ1) is 15.8. The zero-order valence-electron chi connectivity index (χ0n) is 18.5. The molecular formula is C23H21F9N2O. The monoisotopic (exact) mass is 512 g/mol. The minimum Gasteiger partial charge on any atom is -0.314 e. The Labute approximate surface area is 194 Å². The van der Waals surface area contributed by atoms with E-state index in [2.05, 4.69) is 0 Å². The van der Waals surface area contributed by atoms with E-state index in [9.17, 15) is 44.3 Å². The predicted molar refractivity (Wildman–Crippen MR) is 109 cm³/mol. The smallest absolute Gasteiger partial charge is 0.314 e. The van der Waals surface area contributed by atoms with Gasteiger partial charge in [-0.3, -0.25) is 0 Å². The minimum atomic E-state index is -5.15. The molecule has 0 saturated carbocycles. The summed E-state index contributed by atoms with van der Waals surface area (Å²) in [5, 5.41) is 1.98. The van der Waals surface area contributed by atoms with Crippen molar-refractivity contribution in [1.82, 2.24) is 4.90 Å². The molecule has 0 unspecified atom stereocenters. The van der Waals surface area contributed by atoms with E-state index in [-0.39, 0.29) is 24.6 Å². The molecule has 1 aliphatic rings. The molecule has 2 aromatic carbocycles. The minimum absolute atomic E-state index is 0.105. The molecule has 1 aliphatic heterocycles. The van der Waals surface area contributed by atoms with Gasteiger partial charge in [-0.05, 0) is 35.6 Å². The molecule has 0 spiro atoms. The van der Waals surface area contributed by atoms with E-state index in [0.717, 1.165) is 4.90 Å². The van der Waals surface area contributed by atoms with Crippen LogP contribution in [0.15, 0.2) is 48.5 Å². The van der Waals surface area contributed by atoms with Gasteiger partial charge < -0.3 is 10.2 Å². The van der Waals surface area contributed by atoms with Crippen molar-refractivity contribution in [3.05, 3.63) is 65.2 Å². The maximum atomic E-state index is 13.7. The Hall–Kier alpha value is -2.92. The summed E-state index contributed by atoms with van der Waals surface area (Å²) >= 11 is 0. The topological polar surface area (TPSA) is 32.3 Å². The number of nitrogens with zero attached hydrogens (tertiary/aromatic N) is 1. The van der Waals surface area contributed by atoms with Crippen LogP contribution >= 0.6 is 0 Å². The number of anilines is 1. The van der Waals surface area contributed by atoms with Crippen LogP contribution in [-0.2, 0) is 17.9 Å². The van der Waals surface area contributed by atoms with E-state index in [1.807, 2.05) is 5.32 Å². The number of carbonyl (C=O) groups excluding carboxylic acids is 1. The first-order valence-corrected chi connectivity index (χ1v) is 10.3. The maximum Gasteiger partial charge on any atom is 0.416 e. The van der Waals surface area contributed by atoms with Gasteiger partial charge in [-0.2, -0.15) is 39.5 Å². The summed E-state index contributed by atoms with van der Waals surface area (Å²) in [7, 11) is 0. The average Bonchev–Trinajstić information content (AvgIpc) is 2.97. The molecular weight excluding hydrogens is 491 g/mol. The molecule has 12 heteroatoms.